The van der Waals surface area contributed by atoms with Gasteiger partial charge in [0, 0.05) is 0 Å². The van der Waals surface area contributed by atoms with Gasteiger partial charge in [0.05, 0.1) is 5.82 Å². The minimum absolute atomic E-state index is 0.321. The summed E-state index contributed by atoms with van der Waals surface area (Å²) in [6.45, 7) is 17.3. The van der Waals surface area contributed by atoms with Crippen molar-refractivity contribution in [3.63, 3.8) is 0 Å². The summed E-state index contributed by atoms with van der Waals surface area (Å²) in [5.74, 6) is -0.751. The number of hydrogen-bond donors (Lipinski definition) is 5. The Hall–Kier alpha value is -1.56. The molecule has 0 aromatic heterocycles. The Morgan fingerprint density at radius 3 is 1.17 bits per heavy atom. The molecule has 0 fully saturated rings. The van der Waals surface area contributed by atoms with E-state index in [0.717, 1.165) is 12.8 Å². The second-order valence-corrected chi connectivity index (χ2v) is 7.00. The molecule has 0 radical (unpaired) electrons. The van der Waals surface area contributed by atoms with Crippen LogP contribution in [0.1, 0.15) is 97.8 Å². The van der Waals surface area contributed by atoms with Crippen molar-refractivity contribution >= 4 is 0 Å². The molecule has 0 rings (SSSR count). The van der Waals surface area contributed by atoms with Crippen LogP contribution in [0.4, 0.5) is 0 Å². The van der Waals surface area contributed by atoms with E-state index < -0.39 is 5.79 Å². The number of nitrogens with two attached hydrogens (primary N) is 5. The van der Waals surface area contributed by atoms with Crippen LogP contribution in [-0.4, -0.2) is 5.79 Å². The van der Waals surface area contributed by atoms with Crippen molar-refractivity contribution in [1.82, 2.24) is 0 Å². The molecule has 0 aromatic carbocycles. The minimum Gasteiger partial charge on any atom is -0.386 e. The number of hydrogen-bond acceptors (Lipinski definition) is 5. The molecule has 0 aliphatic rings. The summed E-state index contributed by atoms with van der Waals surface area (Å²) in [4.78, 5) is 0. The molecule has 0 saturated carbocycles. The van der Waals surface area contributed by atoms with Crippen molar-refractivity contribution in [2.24, 2.45) is 28.7 Å². The minimum atomic E-state index is -1.07. The predicted octanol–water partition coefficient (Wildman–Crippen LogP) is 5.53. The Kier molecular flexibility index (Phi) is 37.5. The second kappa shape index (κ2) is 31.1. The van der Waals surface area contributed by atoms with E-state index in [1.54, 1.807) is 6.08 Å². The summed E-state index contributed by atoms with van der Waals surface area (Å²) in [5.41, 5.74) is 26.3. The maximum absolute atomic E-state index is 5.32. The Morgan fingerprint density at radius 1 is 0.655 bits per heavy atom. The first kappa shape index (κ1) is 34.9. The van der Waals surface area contributed by atoms with Crippen molar-refractivity contribution in [2.75, 3.05) is 0 Å². The van der Waals surface area contributed by atoms with E-state index in [1.807, 2.05) is 18.2 Å². The molecule has 0 unspecified atom stereocenters. The molecule has 10 N–H and O–H groups in total. The van der Waals surface area contributed by atoms with Gasteiger partial charge >= 0.3 is 0 Å². The van der Waals surface area contributed by atoms with Crippen LogP contribution < -0.4 is 28.7 Å². The molecule has 0 saturated heterocycles. The van der Waals surface area contributed by atoms with Crippen LogP contribution in [0, 0.1) is 0 Å². The van der Waals surface area contributed by atoms with Gasteiger partial charge in [0.15, 0.2) is 0 Å². The molecule has 29 heavy (non-hydrogen) atoms. The van der Waals surface area contributed by atoms with Crippen molar-refractivity contribution in [3.8, 4) is 0 Å². The lowest BCUT2D eigenvalue weighted by Gasteiger charge is -2.17. The topological polar surface area (TPSA) is 130 Å². The van der Waals surface area contributed by atoms with Crippen LogP contribution in [-0.2, 0) is 0 Å². The highest BCUT2D eigenvalue weighted by Gasteiger charge is 2.09. The van der Waals surface area contributed by atoms with Gasteiger partial charge in [-0.25, -0.2) is 0 Å². The van der Waals surface area contributed by atoms with E-state index in [1.165, 1.54) is 57.8 Å². The highest BCUT2D eigenvalue weighted by atomic mass is 15.1. The normalized spacial score (nSPS) is 9.31. The third-order valence-corrected chi connectivity index (χ3v) is 3.48. The number of allylic oxidation sites excluding steroid dienone is 4. The highest BCUT2D eigenvalue weighted by Crippen LogP contribution is 2.00. The third-order valence-electron chi connectivity index (χ3n) is 3.48. The van der Waals surface area contributed by atoms with Crippen LogP contribution in [0.25, 0.3) is 0 Å². The molecular weight excluding hydrogens is 358 g/mol. The molecule has 5 heteroatoms. The van der Waals surface area contributed by atoms with Crippen LogP contribution in [0.5, 0.6) is 0 Å². The zero-order valence-electron chi connectivity index (χ0n) is 19.8. The van der Waals surface area contributed by atoms with Crippen molar-refractivity contribution in [2.45, 2.75) is 104 Å². The summed E-state index contributed by atoms with van der Waals surface area (Å²) in [7, 11) is 0. The van der Waals surface area contributed by atoms with Gasteiger partial charge in [-0.2, -0.15) is 0 Å². The average molecular weight is 412 g/mol. The molecule has 0 heterocycles. The number of rotatable bonds is 13. The standard InChI is InChI=1S/C6H17N5.3C6H12/c7-5(8)3-1-2-4-6(9,10)11;3*1-3-5-6-4-2/h3H,1-2,4,7-11H2;3*3H,1,4-6H2,2H3. The summed E-state index contributed by atoms with van der Waals surface area (Å²) >= 11 is 0. The fraction of sp³-hybridized carbons (Fsp3) is 0.667. The van der Waals surface area contributed by atoms with E-state index >= 15 is 0 Å². The molecule has 0 bridgehead atoms. The molecule has 0 atom stereocenters. The molecule has 5 nitrogen and oxygen atoms in total. The van der Waals surface area contributed by atoms with E-state index in [2.05, 4.69) is 40.5 Å². The maximum atomic E-state index is 5.32. The molecule has 0 amide bonds. The largest absolute Gasteiger partial charge is 0.386 e. The monoisotopic (exact) mass is 411 g/mol. The molecule has 0 aliphatic carbocycles. The first-order chi connectivity index (χ1) is 13.7. The lowest BCUT2D eigenvalue weighted by Crippen LogP contribution is -2.57. The SMILES string of the molecule is C=CCCCC.C=CCCCC.C=CCCCC.NC(N)=CCCCC(N)(N)N. The quantitative estimate of drug-likeness (QED) is 0.154. The Balaban J connectivity index is -0.000000151. The summed E-state index contributed by atoms with van der Waals surface area (Å²) in [5, 5.41) is 0. The van der Waals surface area contributed by atoms with Crippen LogP contribution in [0.3, 0.4) is 0 Å². The Bertz CT molecular complexity index is 324. The summed E-state index contributed by atoms with van der Waals surface area (Å²) in [6.07, 6.45) is 21.0. The first-order valence-corrected chi connectivity index (χ1v) is 11.1. The van der Waals surface area contributed by atoms with Gasteiger partial charge in [0.2, 0.25) is 0 Å². The lowest BCUT2D eigenvalue weighted by atomic mass is 10.1. The van der Waals surface area contributed by atoms with Crippen LogP contribution >= 0.6 is 0 Å². The second-order valence-electron chi connectivity index (χ2n) is 7.00. The average Bonchev–Trinajstić information content (AvgIpc) is 2.67. The lowest BCUT2D eigenvalue weighted by molar-refractivity contribution is 0.413. The van der Waals surface area contributed by atoms with Gasteiger partial charge in [-0.3, -0.25) is 0 Å². The Morgan fingerprint density at radius 2 is 1.00 bits per heavy atom. The molecule has 0 spiro atoms. The van der Waals surface area contributed by atoms with Gasteiger partial charge in [-0.15, -0.1) is 19.7 Å². The van der Waals surface area contributed by atoms with Gasteiger partial charge in [-0.1, -0.05) is 77.5 Å². The molecule has 174 valence electrons. The fourth-order valence-electron chi connectivity index (χ4n) is 1.72. The van der Waals surface area contributed by atoms with Gasteiger partial charge in [-0.05, 0) is 44.6 Å². The van der Waals surface area contributed by atoms with Crippen LogP contribution in [0.2, 0.25) is 0 Å². The van der Waals surface area contributed by atoms with E-state index in [0.29, 0.717) is 12.2 Å². The zero-order chi connectivity index (χ0) is 23.4. The smallest absolute Gasteiger partial charge is 0.115 e. The van der Waals surface area contributed by atoms with E-state index in [4.69, 9.17) is 28.7 Å². The molecule has 0 aromatic rings. The van der Waals surface area contributed by atoms with Gasteiger partial charge in [0.25, 0.3) is 0 Å². The van der Waals surface area contributed by atoms with Gasteiger partial charge in [0.1, 0.15) is 5.79 Å². The summed E-state index contributed by atoms with van der Waals surface area (Å²) < 4.78 is 0. The predicted molar refractivity (Wildman–Crippen MR) is 135 cm³/mol. The van der Waals surface area contributed by atoms with E-state index in [9.17, 15) is 0 Å². The first-order valence-electron chi connectivity index (χ1n) is 11.1. The highest BCUT2D eigenvalue weighted by molar-refractivity contribution is 4.89. The zero-order valence-corrected chi connectivity index (χ0v) is 19.8. The molecular formula is C24H53N5. The summed E-state index contributed by atoms with van der Waals surface area (Å²) in [6, 6.07) is 0. The number of unbranched alkanes of at least 4 members (excludes halogenated alkanes) is 7. The van der Waals surface area contributed by atoms with Crippen LogP contribution in [0.15, 0.2) is 49.9 Å². The van der Waals surface area contributed by atoms with Crippen molar-refractivity contribution in [1.29, 1.82) is 0 Å². The van der Waals surface area contributed by atoms with Crippen molar-refractivity contribution in [3.05, 3.63) is 49.9 Å². The maximum Gasteiger partial charge on any atom is 0.115 e. The van der Waals surface area contributed by atoms with E-state index in [-0.39, 0.29) is 0 Å². The third kappa shape index (κ3) is 66.2. The molecule has 0 aliphatic heterocycles. The van der Waals surface area contributed by atoms with Gasteiger partial charge < -0.3 is 28.7 Å². The van der Waals surface area contributed by atoms with Crippen molar-refractivity contribution < 1.29 is 0 Å². The fourth-order valence-corrected chi connectivity index (χ4v) is 1.72. The Labute approximate surface area is 182 Å².